The Morgan fingerprint density at radius 1 is 1.24 bits per heavy atom. The number of piperidine rings is 1. The number of H-pyrrole nitrogens is 1. The van der Waals surface area contributed by atoms with Gasteiger partial charge in [-0.25, -0.2) is 8.42 Å². The number of anilines is 1. The first-order chi connectivity index (χ1) is 13.8. The maximum Gasteiger partial charge on any atom is 0.246 e. The number of hydrogen-bond acceptors (Lipinski definition) is 6. The fourth-order valence-corrected chi connectivity index (χ4v) is 5.44. The summed E-state index contributed by atoms with van der Waals surface area (Å²) in [5.41, 5.74) is 1.49. The number of nitrogens with one attached hydrogen (secondary N) is 2. The van der Waals surface area contributed by atoms with Crippen LogP contribution in [0.4, 0.5) is 5.69 Å². The molecule has 158 valence electrons. The van der Waals surface area contributed by atoms with Gasteiger partial charge in [-0.3, -0.25) is 9.89 Å². The normalized spacial score (nSPS) is 17.7. The minimum absolute atomic E-state index is 0.130. The minimum Gasteiger partial charge on any atom is -0.493 e. The molecule has 1 fully saturated rings. The first-order valence-electron chi connectivity index (χ1n) is 9.32. The number of aryl methyl sites for hydroxylation is 2. The van der Waals surface area contributed by atoms with E-state index in [0.717, 1.165) is 0 Å². The van der Waals surface area contributed by atoms with Crippen LogP contribution in [0.2, 0.25) is 0 Å². The molecule has 1 aliphatic heterocycles. The zero-order chi connectivity index (χ0) is 21.2. The van der Waals surface area contributed by atoms with E-state index in [9.17, 15) is 13.2 Å². The number of ether oxygens (including phenoxy) is 2. The largest absolute Gasteiger partial charge is 0.493 e. The molecule has 0 unspecified atom stereocenters. The lowest BCUT2D eigenvalue weighted by atomic mass is 9.98. The second-order valence-corrected chi connectivity index (χ2v) is 8.90. The van der Waals surface area contributed by atoms with Gasteiger partial charge in [-0.2, -0.15) is 9.40 Å². The van der Waals surface area contributed by atoms with Crippen LogP contribution in [-0.4, -0.2) is 56.1 Å². The van der Waals surface area contributed by atoms with E-state index in [-0.39, 0.29) is 17.3 Å². The van der Waals surface area contributed by atoms with Crippen molar-refractivity contribution >= 4 is 21.6 Å². The van der Waals surface area contributed by atoms with E-state index in [1.165, 1.54) is 18.5 Å². The predicted molar refractivity (Wildman–Crippen MR) is 108 cm³/mol. The third-order valence-electron chi connectivity index (χ3n) is 5.06. The molecule has 29 heavy (non-hydrogen) atoms. The number of benzene rings is 1. The Bertz CT molecular complexity index is 983. The number of rotatable bonds is 6. The van der Waals surface area contributed by atoms with Gasteiger partial charge < -0.3 is 14.8 Å². The van der Waals surface area contributed by atoms with E-state index < -0.39 is 15.9 Å². The highest BCUT2D eigenvalue weighted by Crippen LogP contribution is 2.31. The van der Waals surface area contributed by atoms with Gasteiger partial charge in [0.25, 0.3) is 0 Å². The molecule has 0 spiro atoms. The molecule has 0 bridgehead atoms. The van der Waals surface area contributed by atoms with E-state index in [2.05, 4.69) is 15.5 Å². The quantitative estimate of drug-likeness (QED) is 0.737. The molecule has 2 N–H and O–H groups in total. The average molecular weight is 423 g/mol. The summed E-state index contributed by atoms with van der Waals surface area (Å²) in [5, 5.41) is 9.55. The first kappa shape index (κ1) is 21.1. The summed E-state index contributed by atoms with van der Waals surface area (Å²) in [4.78, 5) is 13.0. The topological polar surface area (TPSA) is 114 Å². The highest BCUT2D eigenvalue weighted by atomic mass is 32.2. The molecule has 2 heterocycles. The van der Waals surface area contributed by atoms with Crippen LogP contribution in [0.5, 0.6) is 11.5 Å². The van der Waals surface area contributed by atoms with Crippen LogP contribution in [0.3, 0.4) is 0 Å². The Balaban J connectivity index is 1.75. The SMILES string of the molecule is COc1ccc(NC(=O)[C@H]2CCCN(S(=O)(=O)c3c(C)n[nH]c3C)C2)cc1OC. The second-order valence-electron chi connectivity index (χ2n) is 7.02. The Morgan fingerprint density at radius 2 is 1.97 bits per heavy atom. The summed E-state index contributed by atoms with van der Waals surface area (Å²) < 4.78 is 38.0. The molecule has 0 radical (unpaired) electrons. The number of hydrogen-bond donors (Lipinski definition) is 2. The number of aromatic amines is 1. The van der Waals surface area contributed by atoms with Gasteiger partial charge in [-0.1, -0.05) is 0 Å². The number of amides is 1. The van der Waals surface area contributed by atoms with Crippen LogP contribution < -0.4 is 14.8 Å². The molecule has 1 saturated heterocycles. The van der Waals surface area contributed by atoms with Crippen molar-refractivity contribution in [1.29, 1.82) is 0 Å². The molecule has 2 aromatic rings. The molecule has 0 aliphatic carbocycles. The standard InChI is InChI=1S/C19H26N4O5S/c1-12-18(13(2)22-21-12)29(25,26)23-9-5-6-14(11-23)19(24)20-15-7-8-16(27-3)17(10-15)28-4/h7-8,10,14H,5-6,9,11H2,1-4H3,(H,20,24)(H,21,22)/t14-/m0/s1. The average Bonchev–Trinajstić information content (AvgIpc) is 3.06. The van der Waals surface area contributed by atoms with Crippen molar-refractivity contribution in [3.05, 3.63) is 29.6 Å². The molecule has 1 amide bonds. The van der Waals surface area contributed by atoms with E-state index in [1.807, 2.05) is 0 Å². The second kappa shape index (κ2) is 8.42. The van der Waals surface area contributed by atoms with Gasteiger partial charge in [0.2, 0.25) is 15.9 Å². The summed E-state index contributed by atoms with van der Waals surface area (Å²) >= 11 is 0. The maximum atomic E-state index is 13.1. The van der Waals surface area contributed by atoms with Gasteiger partial charge in [0.05, 0.1) is 31.5 Å². The molecule has 3 rings (SSSR count). The molecular formula is C19H26N4O5S. The Hall–Kier alpha value is -2.59. The number of methoxy groups -OCH3 is 2. The highest BCUT2D eigenvalue weighted by molar-refractivity contribution is 7.89. The summed E-state index contributed by atoms with van der Waals surface area (Å²) in [7, 11) is -0.657. The third-order valence-corrected chi connectivity index (χ3v) is 7.19. The third kappa shape index (κ3) is 4.23. The lowest BCUT2D eigenvalue weighted by molar-refractivity contribution is -0.120. The van der Waals surface area contributed by atoms with Crippen molar-refractivity contribution in [2.45, 2.75) is 31.6 Å². The van der Waals surface area contributed by atoms with Gasteiger partial charge in [0, 0.05) is 24.8 Å². The number of aromatic nitrogens is 2. The van der Waals surface area contributed by atoms with Gasteiger partial charge in [-0.05, 0) is 38.8 Å². The fourth-order valence-electron chi connectivity index (χ4n) is 3.58. The lowest BCUT2D eigenvalue weighted by Gasteiger charge is -2.31. The van der Waals surface area contributed by atoms with Crippen molar-refractivity contribution in [2.24, 2.45) is 5.92 Å². The van der Waals surface area contributed by atoms with Crippen molar-refractivity contribution in [1.82, 2.24) is 14.5 Å². The van der Waals surface area contributed by atoms with Crippen LogP contribution in [-0.2, 0) is 14.8 Å². The van der Waals surface area contributed by atoms with Crippen molar-refractivity contribution < 1.29 is 22.7 Å². The Labute approximate surface area is 170 Å². The number of carbonyl (C=O) groups is 1. The van der Waals surface area contributed by atoms with Gasteiger partial charge in [0.1, 0.15) is 4.90 Å². The van der Waals surface area contributed by atoms with E-state index in [0.29, 0.717) is 48.0 Å². The molecule has 0 saturated carbocycles. The predicted octanol–water partition coefficient (Wildman–Crippen LogP) is 2.08. The maximum absolute atomic E-state index is 13.1. The zero-order valence-corrected chi connectivity index (χ0v) is 17.8. The van der Waals surface area contributed by atoms with Crippen molar-refractivity contribution in [3.8, 4) is 11.5 Å². The molecule has 1 aromatic carbocycles. The van der Waals surface area contributed by atoms with E-state index in [4.69, 9.17) is 9.47 Å². The monoisotopic (exact) mass is 422 g/mol. The lowest BCUT2D eigenvalue weighted by Crippen LogP contribution is -2.43. The highest BCUT2D eigenvalue weighted by Gasteiger charge is 2.35. The van der Waals surface area contributed by atoms with Gasteiger partial charge >= 0.3 is 0 Å². The summed E-state index contributed by atoms with van der Waals surface area (Å²) in [6.07, 6.45) is 1.23. The fraction of sp³-hybridized carbons (Fsp3) is 0.474. The number of sulfonamides is 1. The Morgan fingerprint density at radius 3 is 2.59 bits per heavy atom. The van der Waals surface area contributed by atoms with Crippen LogP contribution in [0, 0.1) is 19.8 Å². The minimum atomic E-state index is -3.72. The molecule has 1 aliphatic rings. The van der Waals surface area contributed by atoms with Crippen LogP contribution in [0.1, 0.15) is 24.2 Å². The van der Waals surface area contributed by atoms with Gasteiger partial charge in [0.15, 0.2) is 11.5 Å². The van der Waals surface area contributed by atoms with Crippen LogP contribution in [0.25, 0.3) is 0 Å². The molecule has 1 aromatic heterocycles. The zero-order valence-electron chi connectivity index (χ0n) is 17.0. The number of carbonyl (C=O) groups excluding carboxylic acids is 1. The summed E-state index contributed by atoms with van der Waals surface area (Å²) in [6, 6.07) is 5.09. The molecular weight excluding hydrogens is 396 g/mol. The van der Waals surface area contributed by atoms with Crippen molar-refractivity contribution in [3.63, 3.8) is 0 Å². The molecule has 9 nitrogen and oxygen atoms in total. The smallest absolute Gasteiger partial charge is 0.246 e. The van der Waals surface area contributed by atoms with E-state index in [1.54, 1.807) is 32.0 Å². The summed E-state index contributed by atoms with van der Waals surface area (Å²) in [5.74, 6) is 0.396. The Kier molecular flexibility index (Phi) is 6.13. The summed E-state index contributed by atoms with van der Waals surface area (Å²) in [6.45, 7) is 3.84. The first-order valence-corrected chi connectivity index (χ1v) is 10.8. The van der Waals surface area contributed by atoms with Crippen LogP contribution >= 0.6 is 0 Å². The molecule has 1 atom stereocenters. The number of nitrogens with zero attached hydrogens (tertiary/aromatic N) is 2. The van der Waals surface area contributed by atoms with Gasteiger partial charge in [-0.15, -0.1) is 0 Å². The molecule has 10 heteroatoms. The van der Waals surface area contributed by atoms with Crippen molar-refractivity contribution in [2.75, 3.05) is 32.6 Å². The van der Waals surface area contributed by atoms with Crippen LogP contribution in [0.15, 0.2) is 23.1 Å². The van der Waals surface area contributed by atoms with E-state index >= 15 is 0 Å².